The van der Waals surface area contributed by atoms with Crippen LogP contribution < -0.4 is 5.32 Å². The number of nitrogens with zero attached hydrogens (tertiary/aromatic N) is 3. The summed E-state index contributed by atoms with van der Waals surface area (Å²) in [6.45, 7) is 6.34. The van der Waals surface area contributed by atoms with Gasteiger partial charge in [0.1, 0.15) is 0 Å². The first-order valence-electron chi connectivity index (χ1n) is 6.55. The fourth-order valence-corrected chi connectivity index (χ4v) is 2.14. The van der Waals surface area contributed by atoms with Crippen LogP contribution in [0.25, 0.3) is 0 Å². The van der Waals surface area contributed by atoms with E-state index in [-0.39, 0.29) is 0 Å². The highest BCUT2D eigenvalue weighted by Crippen LogP contribution is 2.13. The molecule has 2 aromatic rings. The normalized spacial score (nSPS) is 12.8. The number of rotatable bonds is 6. The fraction of sp³-hybridized carbons (Fsp3) is 0.500. The Hall–Kier alpha value is -1.55. The summed E-state index contributed by atoms with van der Waals surface area (Å²) < 4.78 is 4.10. The molecule has 0 aliphatic heterocycles. The van der Waals surface area contributed by atoms with Crippen molar-refractivity contribution < 1.29 is 0 Å². The maximum absolute atomic E-state index is 4.18. The highest BCUT2D eigenvalue weighted by atomic mass is 15.2. The van der Waals surface area contributed by atoms with Crippen LogP contribution in [0.15, 0.2) is 30.9 Å². The SMILES string of the molecule is CCNC(C)c1ccn(CCc2cnn(C)c2)c1. The molecule has 1 unspecified atom stereocenters. The van der Waals surface area contributed by atoms with Gasteiger partial charge in [-0.2, -0.15) is 5.10 Å². The van der Waals surface area contributed by atoms with Crippen molar-refractivity contribution in [3.05, 3.63) is 42.0 Å². The lowest BCUT2D eigenvalue weighted by molar-refractivity contribution is 0.594. The van der Waals surface area contributed by atoms with Crippen LogP contribution in [0.1, 0.15) is 31.0 Å². The number of hydrogen-bond acceptors (Lipinski definition) is 2. The number of nitrogens with one attached hydrogen (secondary N) is 1. The monoisotopic (exact) mass is 246 g/mol. The van der Waals surface area contributed by atoms with Crippen LogP contribution in [-0.2, 0) is 20.0 Å². The minimum absolute atomic E-state index is 0.426. The first-order valence-corrected chi connectivity index (χ1v) is 6.55. The van der Waals surface area contributed by atoms with Gasteiger partial charge in [0.15, 0.2) is 0 Å². The molecule has 18 heavy (non-hydrogen) atoms. The second kappa shape index (κ2) is 5.87. The van der Waals surface area contributed by atoms with Crippen molar-refractivity contribution >= 4 is 0 Å². The molecule has 0 fully saturated rings. The molecule has 2 heterocycles. The Labute approximate surface area is 109 Å². The van der Waals surface area contributed by atoms with E-state index >= 15 is 0 Å². The summed E-state index contributed by atoms with van der Waals surface area (Å²) in [4.78, 5) is 0. The minimum Gasteiger partial charge on any atom is -0.354 e. The molecule has 0 radical (unpaired) electrons. The molecule has 2 aromatic heterocycles. The molecule has 0 saturated carbocycles. The van der Waals surface area contributed by atoms with Crippen molar-refractivity contribution in [2.45, 2.75) is 32.9 Å². The van der Waals surface area contributed by atoms with Crippen LogP contribution >= 0.6 is 0 Å². The molecule has 4 heteroatoms. The topological polar surface area (TPSA) is 34.8 Å². The maximum Gasteiger partial charge on any atom is 0.0522 e. The van der Waals surface area contributed by atoms with Crippen LogP contribution in [-0.4, -0.2) is 20.9 Å². The highest BCUT2D eigenvalue weighted by molar-refractivity contribution is 5.15. The molecule has 4 nitrogen and oxygen atoms in total. The lowest BCUT2D eigenvalue weighted by atomic mass is 10.2. The van der Waals surface area contributed by atoms with Crippen LogP contribution in [0, 0.1) is 0 Å². The summed E-state index contributed by atoms with van der Waals surface area (Å²) in [6.07, 6.45) is 9.41. The number of aromatic nitrogens is 3. The molecule has 1 N–H and O–H groups in total. The fourth-order valence-electron chi connectivity index (χ4n) is 2.14. The van der Waals surface area contributed by atoms with E-state index in [0.29, 0.717) is 6.04 Å². The smallest absolute Gasteiger partial charge is 0.0522 e. The molecule has 2 rings (SSSR count). The summed E-state index contributed by atoms with van der Waals surface area (Å²) >= 11 is 0. The molecule has 1 atom stereocenters. The maximum atomic E-state index is 4.18. The van der Waals surface area contributed by atoms with E-state index in [2.05, 4.69) is 53.5 Å². The van der Waals surface area contributed by atoms with Gasteiger partial charge in [0.05, 0.1) is 6.20 Å². The standard InChI is InChI=1S/C14H22N4/c1-4-15-12(2)14-6-8-18(11-14)7-5-13-9-16-17(3)10-13/h6,8-12,15H,4-5,7H2,1-3H3. The molecule has 0 saturated heterocycles. The minimum atomic E-state index is 0.426. The van der Waals surface area contributed by atoms with E-state index in [1.54, 1.807) is 0 Å². The van der Waals surface area contributed by atoms with Crippen LogP contribution in [0.5, 0.6) is 0 Å². The van der Waals surface area contributed by atoms with Gasteiger partial charge in [0, 0.05) is 38.2 Å². The lowest BCUT2D eigenvalue weighted by Gasteiger charge is -2.09. The van der Waals surface area contributed by atoms with Gasteiger partial charge < -0.3 is 9.88 Å². The van der Waals surface area contributed by atoms with E-state index in [0.717, 1.165) is 19.5 Å². The van der Waals surface area contributed by atoms with E-state index in [1.165, 1.54) is 11.1 Å². The predicted octanol–water partition coefficient (Wildman–Crippen LogP) is 2.13. The summed E-state index contributed by atoms with van der Waals surface area (Å²) in [5.41, 5.74) is 2.63. The Balaban J connectivity index is 1.90. The van der Waals surface area contributed by atoms with Crippen molar-refractivity contribution in [3.8, 4) is 0 Å². The van der Waals surface area contributed by atoms with E-state index < -0.39 is 0 Å². The van der Waals surface area contributed by atoms with Crippen molar-refractivity contribution in [2.75, 3.05) is 6.54 Å². The molecular formula is C14H22N4. The molecule has 0 aliphatic rings. The first-order chi connectivity index (χ1) is 8.69. The molecule has 0 aliphatic carbocycles. The van der Waals surface area contributed by atoms with Crippen molar-refractivity contribution in [3.63, 3.8) is 0 Å². The van der Waals surface area contributed by atoms with Crippen molar-refractivity contribution in [2.24, 2.45) is 7.05 Å². The molecule has 0 spiro atoms. The van der Waals surface area contributed by atoms with Gasteiger partial charge in [0.25, 0.3) is 0 Å². The largest absolute Gasteiger partial charge is 0.354 e. The van der Waals surface area contributed by atoms with Crippen LogP contribution in [0.3, 0.4) is 0 Å². The second-order valence-corrected chi connectivity index (χ2v) is 4.73. The Kier molecular flexibility index (Phi) is 4.20. The average molecular weight is 246 g/mol. The Morgan fingerprint density at radius 2 is 2.22 bits per heavy atom. The highest BCUT2D eigenvalue weighted by Gasteiger charge is 2.05. The van der Waals surface area contributed by atoms with Gasteiger partial charge in [-0.25, -0.2) is 0 Å². The summed E-state index contributed by atoms with van der Waals surface area (Å²) in [5.74, 6) is 0. The van der Waals surface area contributed by atoms with Gasteiger partial charge >= 0.3 is 0 Å². The average Bonchev–Trinajstić information content (AvgIpc) is 2.95. The van der Waals surface area contributed by atoms with E-state index in [1.807, 2.05) is 17.9 Å². The van der Waals surface area contributed by atoms with Crippen LogP contribution in [0.4, 0.5) is 0 Å². The van der Waals surface area contributed by atoms with Crippen LogP contribution in [0.2, 0.25) is 0 Å². The molecule has 98 valence electrons. The summed E-state index contributed by atoms with van der Waals surface area (Å²) in [5, 5.41) is 7.61. The predicted molar refractivity (Wildman–Crippen MR) is 73.4 cm³/mol. The van der Waals surface area contributed by atoms with Gasteiger partial charge in [0.2, 0.25) is 0 Å². The Morgan fingerprint density at radius 1 is 1.39 bits per heavy atom. The Bertz CT molecular complexity index is 483. The molecule has 0 aromatic carbocycles. The van der Waals surface area contributed by atoms with E-state index in [9.17, 15) is 0 Å². The molecule has 0 bridgehead atoms. The zero-order chi connectivity index (χ0) is 13.0. The number of aryl methyl sites for hydroxylation is 3. The molecule has 0 amide bonds. The number of hydrogen-bond donors (Lipinski definition) is 1. The zero-order valence-corrected chi connectivity index (χ0v) is 11.4. The quantitative estimate of drug-likeness (QED) is 0.847. The third-order valence-electron chi connectivity index (χ3n) is 3.20. The zero-order valence-electron chi connectivity index (χ0n) is 11.4. The molecular weight excluding hydrogens is 224 g/mol. The lowest BCUT2D eigenvalue weighted by Crippen LogP contribution is -2.17. The van der Waals surface area contributed by atoms with Gasteiger partial charge in [-0.15, -0.1) is 0 Å². The first kappa shape index (κ1) is 12.9. The van der Waals surface area contributed by atoms with Gasteiger partial charge in [-0.05, 0) is 37.1 Å². The second-order valence-electron chi connectivity index (χ2n) is 4.73. The summed E-state index contributed by atoms with van der Waals surface area (Å²) in [7, 11) is 1.95. The van der Waals surface area contributed by atoms with Crippen molar-refractivity contribution in [1.82, 2.24) is 19.7 Å². The van der Waals surface area contributed by atoms with E-state index in [4.69, 9.17) is 0 Å². The third-order valence-corrected chi connectivity index (χ3v) is 3.20. The third kappa shape index (κ3) is 3.23. The summed E-state index contributed by atoms with van der Waals surface area (Å²) in [6, 6.07) is 2.62. The van der Waals surface area contributed by atoms with Gasteiger partial charge in [-0.1, -0.05) is 6.92 Å². The van der Waals surface area contributed by atoms with Crippen molar-refractivity contribution in [1.29, 1.82) is 0 Å². The Morgan fingerprint density at radius 3 is 2.89 bits per heavy atom. The van der Waals surface area contributed by atoms with Gasteiger partial charge in [-0.3, -0.25) is 4.68 Å².